The van der Waals surface area contributed by atoms with Crippen molar-refractivity contribution >= 4 is 23.0 Å². The maximum absolute atomic E-state index is 10.5. The van der Waals surface area contributed by atoms with Gasteiger partial charge in [-0.15, -0.1) is 11.6 Å². The Labute approximate surface area is 83.4 Å². The van der Waals surface area contributed by atoms with Gasteiger partial charge in [0.15, 0.2) is 0 Å². The van der Waals surface area contributed by atoms with Crippen LogP contribution in [0.25, 0.3) is 0 Å². The molecule has 1 rings (SSSR count). The molecule has 0 fully saturated rings. The molecule has 0 aliphatic heterocycles. The predicted octanol–water partition coefficient (Wildman–Crippen LogP) is 2.24. The third-order valence-corrected chi connectivity index (χ3v) is 1.90. The first-order valence-electron chi connectivity index (χ1n) is 3.54. The zero-order valence-electron chi connectivity index (χ0n) is 6.84. The lowest BCUT2D eigenvalue weighted by molar-refractivity contribution is -0.422. The highest BCUT2D eigenvalue weighted by molar-refractivity contribution is 6.17. The van der Waals surface area contributed by atoms with E-state index < -0.39 is 21.2 Å². The predicted molar refractivity (Wildman–Crippen MR) is 49.3 cm³/mol. The van der Waals surface area contributed by atoms with Crippen LogP contribution in [0.3, 0.4) is 0 Å². The lowest BCUT2D eigenvalue weighted by Crippen LogP contribution is -1.97. The molecule has 0 bridgehead atoms. The molecule has 0 amide bonds. The molecule has 6 nitrogen and oxygen atoms in total. The summed E-state index contributed by atoms with van der Waals surface area (Å²) in [4.78, 5) is 19.3. The van der Waals surface area contributed by atoms with Crippen molar-refractivity contribution in [2.24, 2.45) is 0 Å². The van der Waals surface area contributed by atoms with Crippen molar-refractivity contribution in [3.8, 4) is 0 Å². The summed E-state index contributed by atoms with van der Waals surface area (Å²) in [5, 5.41) is 20.8. The fraction of sp³-hybridized carbons (Fsp3) is 0.143. The fourth-order valence-electron chi connectivity index (χ4n) is 0.953. The van der Waals surface area contributed by atoms with Crippen LogP contribution in [0.4, 0.5) is 11.4 Å². The van der Waals surface area contributed by atoms with E-state index in [4.69, 9.17) is 11.6 Å². The van der Waals surface area contributed by atoms with Crippen molar-refractivity contribution in [1.82, 2.24) is 0 Å². The smallest absolute Gasteiger partial charge is 0.258 e. The van der Waals surface area contributed by atoms with Gasteiger partial charge < -0.3 is 0 Å². The second-order valence-corrected chi connectivity index (χ2v) is 2.74. The molecule has 0 aromatic heterocycles. The van der Waals surface area contributed by atoms with Crippen molar-refractivity contribution in [3.05, 3.63) is 44.0 Å². The zero-order valence-corrected chi connectivity index (χ0v) is 7.60. The molecule has 0 atom stereocenters. The molecular weight excluding hydrogens is 212 g/mol. The number of halogens is 1. The first-order valence-corrected chi connectivity index (χ1v) is 4.07. The summed E-state index contributed by atoms with van der Waals surface area (Å²) in [6.07, 6.45) is 0. The van der Waals surface area contributed by atoms with Crippen molar-refractivity contribution in [2.45, 2.75) is 5.88 Å². The Balaban J connectivity index is 3.31. The summed E-state index contributed by atoms with van der Waals surface area (Å²) < 4.78 is 0. The summed E-state index contributed by atoms with van der Waals surface area (Å²) in [5.41, 5.74) is -0.582. The van der Waals surface area contributed by atoms with Gasteiger partial charge in [0.25, 0.3) is 0 Å². The first kappa shape index (κ1) is 10.4. The van der Waals surface area contributed by atoms with Crippen molar-refractivity contribution in [3.63, 3.8) is 0 Å². The lowest BCUT2D eigenvalue weighted by atomic mass is 10.2. The number of benzene rings is 1. The average molecular weight is 217 g/mol. The molecule has 0 saturated heterocycles. The Hall–Kier alpha value is -1.69. The molecule has 1 aromatic carbocycles. The number of nitro groups is 2. The van der Waals surface area contributed by atoms with Gasteiger partial charge in [-0.05, 0) is 5.56 Å². The van der Waals surface area contributed by atoms with E-state index in [0.29, 0.717) is 5.56 Å². The zero-order chi connectivity index (χ0) is 10.7. The Bertz CT molecular complexity index is 393. The molecule has 0 aliphatic carbocycles. The molecule has 1 aromatic rings. The van der Waals surface area contributed by atoms with Crippen LogP contribution in [0.5, 0.6) is 0 Å². The second kappa shape index (κ2) is 4.01. The normalized spacial score (nSPS) is 9.79. The standard InChI is InChI=1S/C7H5ClN2O4/c8-4-5-1-2-6(9(11)12)7(3-5)10(13)14/h1-3H,4H2. The maximum Gasteiger partial charge on any atom is 0.346 e. The molecule has 0 N–H and O–H groups in total. The largest absolute Gasteiger partial charge is 0.346 e. The van der Waals surface area contributed by atoms with E-state index in [9.17, 15) is 20.2 Å². The van der Waals surface area contributed by atoms with Gasteiger partial charge in [-0.3, -0.25) is 20.2 Å². The molecule has 7 heteroatoms. The van der Waals surface area contributed by atoms with E-state index in [1.807, 2.05) is 0 Å². The van der Waals surface area contributed by atoms with Crippen LogP contribution in [0.2, 0.25) is 0 Å². The van der Waals surface area contributed by atoms with Crippen LogP contribution >= 0.6 is 11.6 Å². The quantitative estimate of drug-likeness (QED) is 0.440. The Morgan fingerprint density at radius 1 is 1.14 bits per heavy atom. The molecule has 0 spiro atoms. The summed E-state index contributed by atoms with van der Waals surface area (Å²) in [6.45, 7) is 0. The average Bonchev–Trinajstić information content (AvgIpc) is 2.16. The molecule has 0 heterocycles. The monoisotopic (exact) mass is 216 g/mol. The molecule has 0 saturated carbocycles. The van der Waals surface area contributed by atoms with Crippen LogP contribution < -0.4 is 0 Å². The third-order valence-electron chi connectivity index (χ3n) is 1.59. The summed E-state index contributed by atoms with van der Waals surface area (Å²) in [6, 6.07) is 3.57. The van der Waals surface area contributed by atoms with Crippen LogP contribution in [-0.4, -0.2) is 9.85 Å². The van der Waals surface area contributed by atoms with Gasteiger partial charge in [0, 0.05) is 18.0 Å². The van der Waals surface area contributed by atoms with Gasteiger partial charge in [-0.25, -0.2) is 0 Å². The van der Waals surface area contributed by atoms with Crippen LogP contribution in [0.1, 0.15) is 5.56 Å². The summed E-state index contributed by atoms with van der Waals surface area (Å²) >= 11 is 5.44. The van der Waals surface area contributed by atoms with E-state index in [0.717, 1.165) is 12.1 Å². The number of nitrogens with zero attached hydrogens (tertiary/aromatic N) is 2. The Morgan fingerprint density at radius 2 is 1.71 bits per heavy atom. The summed E-state index contributed by atoms with van der Waals surface area (Å²) in [5.74, 6) is 0.0822. The van der Waals surface area contributed by atoms with Gasteiger partial charge in [-0.2, -0.15) is 0 Å². The molecule has 0 unspecified atom stereocenters. The first-order chi connectivity index (χ1) is 6.56. The Morgan fingerprint density at radius 3 is 2.14 bits per heavy atom. The van der Waals surface area contributed by atoms with Crippen molar-refractivity contribution in [2.75, 3.05) is 0 Å². The van der Waals surface area contributed by atoms with E-state index in [-0.39, 0.29) is 5.88 Å². The van der Waals surface area contributed by atoms with E-state index in [1.165, 1.54) is 6.07 Å². The Kier molecular flexibility index (Phi) is 2.98. The number of nitro benzene ring substituents is 2. The SMILES string of the molecule is O=[N+]([O-])c1ccc(CCl)cc1[N+](=O)[O-]. The molecular formula is C7H5ClN2O4. The van der Waals surface area contributed by atoms with Gasteiger partial charge in [-0.1, -0.05) is 6.07 Å². The minimum Gasteiger partial charge on any atom is -0.258 e. The number of hydrogen-bond donors (Lipinski definition) is 0. The van der Waals surface area contributed by atoms with Crippen LogP contribution in [0.15, 0.2) is 18.2 Å². The highest BCUT2D eigenvalue weighted by atomic mass is 35.5. The molecule has 0 radical (unpaired) electrons. The minimum atomic E-state index is -0.797. The van der Waals surface area contributed by atoms with Gasteiger partial charge in [0.2, 0.25) is 0 Å². The highest BCUT2D eigenvalue weighted by Gasteiger charge is 2.23. The summed E-state index contributed by atoms with van der Waals surface area (Å²) in [7, 11) is 0. The number of hydrogen-bond acceptors (Lipinski definition) is 4. The third kappa shape index (κ3) is 1.97. The van der Waals surface area contributed by atoms with Gasteiger partial charge in [0.05, 0.1) is 9.85 Å². The van der Waals surface area contributed by atoms with Crippen LogP contribution in [-0.2, 0) is 5.88 Å². The molecule has 14 heavy (non-hydrogen) atoms. The highest BCUT2D eigenvalue weighted by Crippen LogP contribution is 2.27. The number of rotatable bonds is 3. The minimum absolute atomic E-state index is 0.0822. The molecule has 74 valence electrons. The topological polar surface area (TPSA) is 86.3 Å². The number of alkyl halides is 1. The van der Waals surface area contributed by atoms with Crippen LogP contribution in [0, 0.1) is 20.2 Å². The van der Waals surface area contributed by atoms with Gasteiger partial charge in [0.1, 0.15) is 0 Å². The van der Waals surface area contributed by atoms with E-state index in [1.54, 1.807) is 0 Å². The van der Waals surface area contributed by atoms with Crippen molar-refractivity contribution in [1.29, 1.82) is 0 Å². The van der Waals surface area contributed by atoms with Crippen molar-refractivity contribution < 1.29 is 9.85 Å². The maximum atomic E-state index is 10.5. The van der Waals surface area contributed by atoms with Gasteiger partial charge >= 0.3 is 11.4 Å². The van der Waals surface area contributed by atoms with E-state index in [2.05, 4.69) is 0 Å². The fourth-order valence-corrected chi connectivity index (χ4v) is 1.12. The molecule has 0 aliphatic rings. The van der Waals surface area contributed by atoms with E-state index >= 15 is 0 Å². The lowest BCUT2D eigenvalue weighted by Gasteiger charge is -1.96. The second-order valence-electron chi connectivity index (χ2n) is 2.47.